The molecule has 0 radical (unpaired) electrons. The van der Waals surface area contributed by atoms with E-state index in [-0.39, 0.29) is 5.92 Å². The quantitative estimate of drug-likeness (QED) is 0.454. The minimum Gasteiger partial charge on any atom is -0.481 e. The first-order valence-electron chi connectivity index (χ1n) is 5.56. The Morgan fingerprint density at radius 2 is 2.00 bits per heavy atom. The third-order valence-corrected chi connectivity index (χ3v) is 2.47. The van der Waals surface area contributed by atoms with Crippen molar-refractivity contribution in [2.24, 2.45) is 5.92 Å². The van der Waals surface area contributed by atoms with Crippen LogP contribution in [0.2, 0.25) is 0 Å². The Bertz CT molecular complexity index is 164. The molecule has 14 heavy (non-hydrogen) atoms. The van der Waals surface area contributed by atoms with Gasteiger partial charge < -0.3 is 5.11 Å². The molecule has 0 aliphatic heterocycles. The van der Waals surface area contributed by atoms with E-state index in [1.165, 1.54) is 0 Å². The second kappa shape index (κ2) is 8.79. The molecule has 0 aromatic rings. The molecule has 2 nitrogen and oxygen atoms in total. The maximum absolute atomic E-state index is 10.8. The van der Waals surface area contributed by atoms with E-state index in [9.17, 15) is 4.79 Å². The fourth-order valence-corrected chi connectivity index (χ4v) is 1.52. The molecule has 0 aliphatic rings. The van der Waals surface area contributed by atoms with E-state index < -0.39 is 5.97 Å². The van der Waals surface area contributed by atoms with Gasteiger partial charge in [-0.05, 0) is 25.7 Å². The Labute approximate surface area is 87.0 Å². The lowest BCUT2D eigenvalue weighted by Gasteiger charge is -2.10. The highest BCUT2D eigenvalue weighted by atomic mass is 16.4. The average molecular weight is 198 g/mol. The fraction of sp³-hybridized carbons (Fsp3) is 0.750. The van der Waals surface area contributed by atoms with Crippen LogP contribution in [-0.2, 0) is 4.79 Å². The molecule has 0 spiro atoms. The first-order valence-corrected chi connectivity index (χ1v) is 5.56. The van der Waals surface area contributed by atoms with Crippen molar-refractivity contribution in [3.63, 3.8) is 0 Å². The first kappa shape index (κ1) is 13.2. The fourth-order valence-electron chi connectivity index (χ4n) is 1.52. The Balaban J connectivity index is 3.62. The largest absolute Gasteiger partial charge is 0.481 e. The number of hydrogen-bond acceptors (Lipinski definition) is 1. The van der Waals surface area contributed by atoms with Gasteiger partial charge >= 0.3 is 5.97 Å². The summed E-state index contributed by atoms with van der Waals surface area (Å²) in [5.74, 6) is -0.753. The van der Waals surface area contributed by atoms with Gasteiger partial charge in [0.1, 0.15) is 0 Å². The lowest BCUT2D eigenvalue weighted by atomic mass is 9.96. The van der Waals surface area contributed by atoms with Gasteiger partial charge in [0.05, 0.1) is 5.92 Å². The molecule has 0 bridgehead atoms. The van der Waals surface area contributed by atoms with Crippen LogP contribution in [0.5, 0.6) is 0 Å². The summed E-state index contributed by atoms with van der Waals surface area (Å²) in [6.07, 6.45) is 8.73. The van der Waals surface area contributed by atoms with Crippen molar-refractivity contribution >= 4 is 5.97 Å². The second-order valence-corrected chi connectivity index (χ2v) is 3.75. The van der Waals surface area contributed by atoms with Gasteiger partial charge in [-0.2, -0.15) is 0 Å². The maximum Gasteiger partial charge on any atom is 0.306 e. The molecule has 0 rings (SSSR count). The summed E-state index contributed by atoms with van der Waals surface area (Å²) in [6, 6.07) is 0. The molecule has 0 aliphatic carbocycles. The molecule has 0 fully saturated rings. The molecule has 0 amide bonds. The van der Waals surface area contributed by atoms with E-state index in [0.29, 0.717) is 0 Å². The predicted molar refractivity (Wildman–Crippen MR) is 59.3 cm³/mol. The third kappa shape index (κ3) is 6.70. The highest BCUT2D eigenvalue weighted by Gasteiger charge is 2.15. The van der Waals surface area contributed by atoms with Crippen molar-refractivity contribution in [3.8, 4) is 0 Å². The van der Waals surface area contributed by atoms with Crippen LogP contribution >= 0.6 is 0 Å². The number of allylic oxidation sites excluding steroid dienone is 1. The lowest BCUT2D eigenvalue weighted by Crippen LogP contribution is -2.13. The zero-order chi connectivity index (χ0) is 10.8. The molecule has 0 saturated heterocycles. The highest BCUT2D eigenvalue weighted by molar-refractivity contribution is 5.69. The molecule has 0 aromatic carbocycles. The standard InChI is InChI=1S/C12H22O2/c1-3-5-7-8-10-11(12(13)14)9-6-4-2/h3,11H,1,4-10H2,2H3,(H,13,14). The summed E-state index contributed by atoms with van der Waals surface area (Å²) >= 11 is 0. The van der Waals surface area contributed by atoms with Crippen LogP contribution in [-0.4, -0.2) is 11.1 Å². The SMILES string of the molecule is C=CCCCCC(CCCC)C(=O)O. The molecule has 0 heterocycles. The van der Waals surface area contributed by atoms with Gasteiger partial charge in [-0.15, -0.1) is 6.58 Å². The molecular weight excluding hydrogens is 176 g/mol. The molecule has 0 aromatic heterocycles. The summed E-state index contributed by atoms with van der Waals surface area (Å²) < 4.78 is 0. The van der Waals surface area contributed by atoms with Crippen LogP contribution in [0, 0.1) is 5.92 Å². The van der Waals surface area contributed by atoms with Crippen LogP contribution in [0.4, 0.5) is 0 Å². The Morgan fingerprint density at radius 1 is 1.36 bits per heavy atom. The van der Waals surface area contributed by atoms with Crippen molar-refractivity contribution in [1.29, 1.82) is 0 Å². The third-order valence-electron chi connectivity index (χ3n) is 2.47. The predicted octanol–water partition coefficient (Wildman–Crippen LogP) is 3.62. The van der Waals surface area contributed by atoms with Gasteiger partial charge in [-0.3, -0.25) is 4.79 Å². The number of carbonyl (C=O) groups is 1. The van der Waals surface area contributed by atoms with Crippen molar-refractivity contribution < 1.29 is 9.90 Å². The van der Waals surface area contributed by atoms with Gasteiger partial charge in [0, 0.05) is 0 Å². The smallest absolute Gasteiger partial charge is 0.306 e. The van der Waals surface area contributed by atoms with E-state index in [2.05, 4.69) is 13.5 Å². The number of unbranched alkanes of at least 4 members (excludes halogenated alkanes) is 3. The summed E-state index contributed by atoms with van der Waals surface area (Å²) in [5.41, 5.74) is 0. The maximum atomic E-state index is 10.8. The van der Waals surface area contributed by atoms with E-state index in [1.807, 2.05) is 6.08 Å². The molecule has 82 valence electrons. The van der Waals surface area contributed by atoms with Gasteiger partial charge in [0.15, 0.2) is 0 Å². The van der Waals surface area contributed by atoms with Crippen LogP contribution in [0.25, 0.3) is 0 Å². The molecule has 1 N–H and O–H groups in total. The number of hydrogen-bond donors (Lipinski definition) is 1. The summed E-state index contributed by atoms with van der Waals surface area (Å²) in [5, 5.41) is 8.94. The first-order chi connectivity index (χ1) is 6.72. The Hall–Kier alpha value is -0.790. The Morgan fingerprint density at radius 3 is 2.50 bits per heavy atom. The van der Waals surface area contributed by atoms with Crippen LogP contribution in [0.3, 0.4) is 0 Å². The lowest BCUT2D eigenvalue weighted by molar-refractivity contribution is -0.142. The van der Waals surface area contributed by atoms with E-state index in [1.54, 1.807) is 0 Å². The monoisotopic (exact) mass is 198 g/mol. The van der Waals surface area contributed by atoms with Crippen molar-refractivity contribution in [2.75, 3.05) is 0 Å². The topological polar surface area (TPSA) is 37.3 Å². The van der Waals surface area contributed by atoms with Gasteiger partial charge in [-0.25, -0.2) is 0 Å². The zero-order valence-electron chi connectivity index (χ0n) is 9.17. The molecule has 2 heteroatoms. The van der Waals surface area contributed by atoms with Crippen LogP contribution in [0.1, 0.15) is 51.9 Å². The van der Waals surface area contributed by atoms with Gasteiger partial charge in [0.25, 0.3) is 0 Å². The van der Waals surface area contributed by atoms with Crippen LogP contribution in [0.15, 0.2) is 12.7 Å². The Kier molecular flexibility index (Phi) is 8.30. The normalized spacial score (nSPS) is 12.4. The number of rotatable bonds is 9. The molecular formula is C12H22O2. The molecule has 1 unspecified atom stereocenters. The average Bonchev–Trinajstić information content (AvgIpc) is 2.16. The molecule has 0 saturated carbocycles. The summed E-state index contributed by atoms with van der Waals surface area (Å²) in [7, 11) is 0. The van der Waals surface area contributed by atoms with Gasteiger partial charge in [-0.1, -0.05) is 32.3 Å². The number of carboxylic acid groups (broad SMARTS) is 1. The van der Waals surface area contributed by atoms with Crippen molar-refractivity contribution in [1.82, 2.24) is 0 Å². The summed E-state index contributed by atoms with van der Waals surface area (Å²) in [4.78, 5) is 10.8. The molecule has 1 atom stereocenters. The van der Waals surface area contributed by atoms with Crippen LogP contribution < -0.4 is 0 Å². The van der Waals surface area contributed by atoms with Crippen molar-refractivity contribution in [3.05, 3.63) is 12.7 Å². The minimum absolute atomic E-state index is 0.125. The number of carboxylic acids is 1. The second-order valence-electron chi connectivity index (χ2n) is 3.75. The zero-order valence-corrected chi connectivity index (χ0v) is 9.17. The van der Waals surface area contributed by atoms with E-state index in [0.717, 1.165) is 44.9 Å². The number of aliphatic carboxylic acids is 1. The van der Waals surface area contributed by atoms with Crippen molar-refractivity contribution in [2.45, 2.75) is 51.9 Å². The van der Waals surface area contributed by atoms with E-state index >= 15 is 0 Å². The van der Waals surface area contributed by atoms with Gasteiger partial charge in [0.2, 0.25) is 0 Å². The summed E-state index contributed by atoms with van der Waals surface area (Å²) in [6.45, 7) is 5.74. The van der Waals surface area contributed by atoms with E-state index in [4.69, 9.17) is 5.11 Å². The highest BCUT2D eigenvalue weighted by Crippen LogP contribution is 2.16. The minimum atomic E-state index is -0.628.